The number of anilines is 1. The fourth-order valence-electron chi connectivity index (χ4n) is 6.24. The second-order valence-corrected chi connectivity index (χ2v) is 14.9. The summed E-state index contributed by atoms with van der Waals surface area (Å²) in [5.74, 6) is 1.74. The van der Waals surface area contributed by atoms with Crippen molar-refractivity contribution in [3.05, 3.63) is 106 Å². The van der Waals surface area contributed by atoms with E-state index in [1.165, 1.54) is 0 Å². The molecule has 0 fully saturated rings. The van der Waals surface area contributed by atoms with Crippen LogP contribution in [0.25, 0.3) is 22.7 Å². The molecule has 0 radical (unpaired) electrons. The predicted molar refractivity (Wildman–Crippen MR) is 208 cm³/mol. The Hall–Kier alpha value is -5.44. The lowest BCUT2D eigenvalue weighted by Crippen LogP contribution is -2.36. The number of aromatic nitrogens is 7. The highest BCUT2D eigenvalue weighted by atomic mass is 35.5. The van der Waals surface area contributed by atoms with Crippen molar-refractivity contribution >= 4 is 47.2 Å². The van der Waals surface area contributed by atoms with Gasteiger partial charge in [0.05, 0.1) is 52.5 Å². The van der Waals surface area contributed by atoms with E-state index >= 15 is 0 Å². The Morgan fingerprint density at radius 1 is 1.02 bits per heavy atom. The number of fused-ring (bicyclic) bond motifs is 2. The average Bonchev–Trinajstić information content (AvgIpc) is 3.88. The average molecular weight is 774 g/mol. The van der Waals surface area contributed by atoms with Gasteiger partial charge in [0.15, 0.2) is 11.5 Å². The Kier molecular flexibility index (Phi) is 11.5. The van der Waals surface area contributed by atoms with E-state index in [4.69, 9.17) is 42.9 Å². The van der Waals surface area contributed by atoms with Gasteiger partial charge >= 0.3 is 6.03 Å². The van der Waals surface area contributed by atoms with Crippen LogP contribution in [0.4, 0.5) is 10.6 Å². The molecule has 3 N–H and O–H groups in total. The summed E-state index contributed by atoms with van der Waals surface area (Å²) in [6, 6.07) is 18.5. The van der Waals surface area contributed by atoms with E-state index in [9.17, 15) is 4.79 Å². The van der Waals surface area contributed by atoms with E-state index in [0.29, 0.717) is 51.5 Å². The number of rotatable bonds is 9. The maximum atomic E-state index is 13.6. The Morgan fingerprint density at radius 3 is 2.44 bits per heavy atom. The second-order valence-electron chi connectivity index (χ2n) is 14.1. The lowest BCUT2D eigenvalue weighted by molar-refractivity contribution is -0.122. The number of benzene rings is 2. The van der Waals surface area contributed by atoms with Crippen LogP contribution in [0.5, 0.6) is 5.75 Å². The number of ether oxygens (including phenoxy) is 1. The van der Waals surface area contributed by atoms with Crippen LogP contribution in [0.3, 0.4) is 0 Å². The Balaban J connectivity index is 0.00000160. The molecule has 7 rings (SSSR count). The largest absolute Gasteiger partial charge is 0.484 e. The zero-order valence-electron chi connectivity index (χ0n) is 30.6. The summed E-state index contributed by atoms with van der Waals surface area (Å²) in [6.45, 7) is 7.63. The number of carboxylic acid groups (broad SMARTS) is 1. The lowest BCUT2D eigenvalue weighted by atomic mass is 9.85. The molecule has 14 nitrogen and oxygen atoms in total. The minimum atomic E-state index is -0.320. The standard InChI is InChI=1S/C37H40Cl2N10O2.CH2O2/c1-37(2,3)31-19-33(49(45-31)23-20-40-47(21-23)18-17-46(4)5)42-36(50)41-29-14-15-30(26-10-7-6-9-25(26)29)51-24-13-16-32-43-44-35(48(32)22-24)34-27(38)11-8-12-28(34)39;2-1-3/h6-13,16,19-22,29-30H,14-15,17-18H2,1-5H3,(H2,41,42,50);1H,(H,2,3). The molecular formula is C38H42Cl2N10O4. The number of likely N-dealkylation sites (N-methyl/N-ethyl adjacent to an activating group) is 1. The molecule has 0 spiro atoms. The van der Waals surface area contributed by atoms with Crippen LogP contribution in [-0.4, -0.2) is 77.3 Å². The third-order valence-electron chi connectivity index (χ3n) is 8.94. The summed E-state index contributed by atoms with van der Waals surface area (Å²) in [5.41, 5.74) is 4.66. The van der Waals surface area contributed by atoms with E-state index in [1.807, 2.05) is 72.0 Å². The number of carbonyl (C=O) groups is 2. The van der Waals surface area contributed by atoms with E-state index in [1.54, 1.807) is 29.1 Å². The fraction of sp³-hybridized carbons (Fsp3) is 0.316. The molecular weight excluding hydrogens is 731 g/mol. The van der Waals surface area contributed by atoms with E-state index in [-0.39, 0.29) is 30.1 Å². The number of halogens is 2. The first-order chi connectivity index (χ1) is 25.9. The van der Waals surface area contributed by atoms with Crippen molar-refractivity contribution in [2.75, 3.05) is 26.0 Å². The van der Waals surface area contributed by atoms with E-state index in [0.717, 1.165) is 35.6 Å². The molecule has 0 aliphatic heterocycles. The van der Waals surface area contributed by atoms with Crippen molar-refractivity contribution in [3.8, 4) is 22.8 Å². The summed E-state index contributed by atoms with van der Waals surface area (Å²) in [7, 11) is 4.06. The van der Waals surface area contributed by atoms with Crippen LogP contribution >= 0.6 is 23.2 Å². The highest BCUT2D eigenvalue weighted by Gasteiger charge is 2.30. The first-order valence-corrected chi connectivity index (χ1v) is 18.1. The number of hydrogen-bond donors (Lipinski definition) is 3. The smallest absolute Gasteiger partial charge is 0.320 e. The van der Waals surface area contributed by atoms with Gasteiger partial charge in [0, 0.05) is 18.0 Å². The van der Waals surface area contributed by atoms with Gasteiger partial charge < -0.3 is 20.1 Å². The number of nitrogens with one attached hydrogen (secondary N) is 2. The SMILES string of the molecule is CN(C)CCn1cc(-n2nc(C(C)(C)C)cc2NC(=O)NC2CCC(Oc3ccc4nnc(-c5c(Cl)cccc5Cl)n4c3)c3ccccc32)cn1.O=CO. The molecule has 2 unspecified atom stereocenters. The molecule has 0 saturated heterocycles. The molecule has 4 heterocycles. The number of hydrogen-bond acceptors (Lipinski definition) is 8. The quantitative estimate of drug-likeness (QED) is 0.127. The van der Waals surface area contributed by atoms with Gasteiger partial charge in [-0.25, -0.2) is 9.48 Å². The summed E-state index contributed by atoms with van der Waals surface area (Å²) in [6.07, 6.45) is 6.69. The highest BCUT2D eigenvalue weighted by Crippen LogP contribution is 2.40. The van der Waals surface area contributed by atoms with Crippen molar-refractivity contribution in [2.45, 2.75) is 57.7 Å². The third kappa shape index (κ3) is 8.51. The van der Waals surface area contributed by atoms with Crippen molar-refractivity contribution in [3.63, 3.8) is 0 Å². The van der Waals surface area contributed by atoms with Crippen molar-refractivity contribution in [1.82, 2.24) is 44.4 Å². The zero-order chi connectivity index (χ0) is 38.6. The van der Waals surface area contributed by atoms with Crippen molar-refractivity contribution in [2.24, 2.45) is 0 Å². The van der Waals surface area contributed by atoms with Gasteiger partial charge in [-0.05, 0) is 62.3 Å². The molecule has 1 aliphatic carbocycles. The van der Waals surface area contributed by atoms with E-state index in [2.05, 4.69) is 57.7 Å². The normalized spacial score (nSPS) is 15.3. The maximum Gasteiger partial charge on any atom is 0.320 e. The van der Waals surface area contributed by atoms with Crippen LogP contribution in [0.2, 0.25) is 10.0 Å². The highest BCUT2D eigenvalue weighted by molar-refractivity contribution is 6.39. The molecule has 6 aromatic rings. The monoisotopic (exact) mass is 772 g/mol. The van der Waals surface area contributed by atoms with Gasteiger partial charge in [-0.3, -0.25) is 19.2 Å². The first-order valence-electron chi connectivity index (χ1n) is 17.3. The number of carbonyl (C=O) groups excluding carboxylic acids is 1. The molecule has 4 aromatic heterocycles. The van der Waals surface area contributed by atoms with Gasteiger partial charge in [0.2, 0.25) is 0 Å². The Labute approximate surface area is 322 Å². The van der Waals surface area contributed by atoms with E-state index < -0.39 is 0 Å². The number of amides is 2. The minimum Gasteiger partial charge on any atom is -0.484 e. The Bertz CT molecular complexity index is 2240. The minimum absolute atomic E-state index is 0.220. The third-order valence-corrected chi connectivity index (χ3v) is 9.57. The number of pyridine rings is 1. The molecule has 2 atom stereocenters. The zero-order valence-corrected chi connectivity index (χ0v) is 32.1. The second kappa shape index (κ2) is 16.3. The molecule has 1 aliphatic rings. The molecule has 16 heteroatoms. The molecule has 282 valence electrons. The molecule has 0 bridgehead atoms. The molecule has 2 aromatic carbocycles. The molecule has 0 saturated carbocycles. The van der Waals surface area contributed by atoms with Gasteiger partial charge in [0.25, 0.3) is 6.47 Å². The number of nitrogens with zero attached hydrogens (tertiary/aromatic N) is 8. The van der Waals surface area contributed by atoms with Gasteiger partial charge in [-0.1, -0.05) is 74.3 Å². The van der Waals surface area contributed by atoms with Crippen molar-refractivity contribution < 1.29 is 19.4 Å². The van der Waals surface area contributed by atoms with Crippen LogP contribution < -0.4 is 15.4 Å². The summed E-state index contributed by atoms with van der Waals surface area (Å²) in [4.78, 5) is 24.1. The van der Waals surface area contributed by atoms with Crippen LogP contribution in [0, 0.1) is 0 Å². The first kappa shape index (κ1) is 38.3. The predicted octanol–water partition coefficient (Wildman–Crippen LogP) is 7.42. The fourth-order valence-corrected chi connectivity index (χ4v) is 6.81. The van der Waals surface area contributed by atoms with Crippen LogP contribution in [0.1, 0.15) is 62.6 Å². The van der Waals surface area contributed by atoms with Crippen LogP contribution in [-0.2, 0) is 16.8 Å². The summed E-state index contributed by atoms with van der Waals surface area (Å²) in [5, 5.41) is 32.2. The molecule has 2 amide bonds. The lowest BCUT2D eigenvalue weighted by Gasteiger charge is -2.32. The summed E-state index contributed by atoms with van der Waals surface area (Å²) >= 11 is 13.0. The van der Waals surface area contributed by atoms with Crippen molar-refractivity contribution in [1.29, 1.82) is 0 Å². The Morgan fingerprint density at radius 2 is 1.74 bits per heavy atom. The van der Waals surface area contributed by atoms with Gasteiger partial charge in [0.1, 0.15) is 23.4 Å². The maximum absolute atomic E-state index is 13.6. The molecule has 54 heavy (non-hydrogen) atoms. The van der Waals surface area contributed by atoms with Gasteiger partial charge in [-0.2, -0.15) is 10.2 Å². The summed E-state index contributed by atoms with van der Waals surface area (Å²) < 4.78 is 12.1. The number of urea groups is 1. The topological polar surface area (TPSA) is 157 Å². The van der Waals surface area contributed by atoms with Crippen LogP contribution in [0.15, 0.2) is 79.3 Å². The van der Waals surface area contributed by atoms with Gasteiger partial charge in [-0.15, -0.1) is 10.2 Å².